The summed E-state index contributed by atoms with van der Waals surface area (Å²) in [6, 6.07) is 6.35. The fourth-order valence-electron chi connectivity index (χ4n) is 1.47. The number of carbonyl (C=O) groups excluding carboxylic acids is 1. The highest BCUT2D eigenvalue weighted by molar-refractivity contribution is 5.73. The van der Waals surface area contributed by atoms with Gasteiger partial charge in [0.2, 0.25) is 5.91 Å². The highest BCUT2D eigenvalue weighted by atomic mass is 19.3. The molecule has 4 nitrogen and oxygen atoms in total. The summed E-state index contributed by atoms with van der Waals surface area (Å²) in [4.78, 5) is 10.6. The van der Waals surface area contributed by atoms with Crippen LogP contribution in [-0.2, 0) is 4.79 Å². The molecule has 6 heteroatoms. The van der Waals surface area contributed by atoms with Crippen LogP contribution in [0.15, 0.2) is 24.3 Å². The molecule has 1 rings (SSSR count). The van der Waals surface area contributed by atoms with Gasteiger partial charge in [0.05, 0.1) is 0 Å². The zero-order valence-electron chi connectivity index (χ0n) is 10.0. The molecule has 0 saturated carbocycles. The summed E-state index contributed by atoms with van der Waals surface area (Å²) >= 11 is 0. The molecule has 0 aliphatic heterocycles. The summed E-state index contributed by atoms with van der Waals surface area (Å²) in [6.07, 6.45) is 0.261. The topological polar surface area (TPSA) is 64.3 Å². The van der Waals surface area contributed by atoms with Crippen molar-refractivity contribution in [3.05, 3.63) is 29.8 Å². The molecule has 0 saturated heterocycles. The van der Waals surface area contributed by atoms with E-state index < -0.39 is 6.61 Å². The predicted octanol–water partition coefficient (Wildman–Crippen LogP) is 1.81. The Morgan fingerprint density at radius 2 is 2.00 bits per heavy atom. The van der Waals surface area contributed by atoms with Crippen LogP contribution in [0.1, 0.15) is 24.9 Å². The van der Waals surface area contributed by atoms with Crippen molar-refractivity contribution in [2.75, 3.05) is 6.54 Å². The Morgan fingerprint density at radius 3 is 2.50 bits per heavy atom. The Morgan fingerprint density at radius 1 is 1.39 bits per heavy atom. The lowest BCUT2D eigenvalue weighted by atomic mass is 10.1. The number of ether oxygens (including phenoxy) is 1. The predicted molar refractivity (Wildman–Crippen MR) is 63.3 cm³/mol. The molecule has 100 valence electrons. The van der Waals surface area contributed by atoms with Gasteiger partial charge < -0.3 is 15.8 Å². The number of hydrogen-bond donors (Lipinski definition) is 2. The Kier molecular flexibility index (Phi) is 5.51. The lowest BCUT2D eigenvalue weighted by molar-refractivity contribution is -0.117. The minimum absolute atomic E-state index is 0.00458. The van der Waals surface area contributed by atoms with Gasteiger partial charge in [0.15, 0.2) is 0 Å². The van der Waals surface area contributed by atoms with Crippen LogP contribution in [0, 0.1) is 0 Å². The summed E-state index contributed by atoms with van der Waals surface area (Å²) in [5.74, 6) is -0.242. The molecule has 1 unspecified atom stereocenters. The van der Waals surface area contributed by atoms with Gasteiger partial charge in [-0.25, -0.2) is 0 Å². The monoisotopic (exact) mass is 258 g/mol. The summed E-state index contributed by atoms with van der Waals surface area (Å²) in [5.41, 5.74) is 5.93. The number of primary amides is 1. The van der Waals surface area contributed by atoms with Crippen molar-refractivity contribution in [2.24, 2.45) is 5.73 Å². The molecule has 0 aliphatic carbocycles. The molecule has 0 aliphatic rings. The third kappa shape index (κ3) is 5.09. The Labute approximate surface area is 104 Å². The van der Waals surface area contributed by atoms with Crippen molar-refractivity contribution in [3.63, 3.8) is 0 Å². The fourth-order valence-corrected chi connectivity index (χ4v) is 1.47. The van der Waals surface area contributed by atoms with E-state index in [2.05, 4.69) is 10.1 Å². The number of amides is 1. The van der Waals surface area contributed by atoms with Crippen molar-refractivity contribution >= 4 is 5.91 Å². The number of carbonyl (C=O) groups is 1. The second-order valence-corrected chi connectivity index (χ2v) is 3.84. The highest BCUT2D eigenvalue weighted by Crippen LogP contribution is 2.18. The number of nitrogens with one attached hydrogen (secondary N) is 1. The Hall–Kier alpha value is -1.69. The van der Waals surface area contributed by atoms with Crippen LogP contribution in [-0.4, -0.2) is 19.1 Å². The molecule has 0 heterocycles. The first kappa shape index (κ1) is 14.4. The van der Waals surface area contributed by atoms with Crippen LogP contribution < -0.4 is 15.8 Å². The van der Waals surface area contributed by atoms with E-state index in [0.29, 0.717) is 6.54 Å². The van der Waals surface area contributed by atoms with E-state index >= 15 is 0 Å². The Bertz CT molecular complexity index is 382. The second kappa shape index (κ2) is 6.90. The van der Waals surface area contributed by atoms with E-state index in [-0.39, 0.29) is 24.1 Å². The molecule has 1 atom stereocenters. The smallest absolute Gasteiger partial charge is 0.387 e. The van der Waals surface area contributed by atoms with Crippen LogP contribution in [0.2, 0.25) is 0 Å². The summed E-state index contributed by atoms with van der Waals surface area (Å²) in [6.45, 7) is -0.433. The van der Waals surface area contributed by atoms with Gasteiger partial charge in [-0.15, -0.1) is 0 Å². The molecule has 3 N–H and O–H groups in total. The van der Waals surface area contributed by atoms with Gasteiger partial charge in [-0.05, 0) is 24.6 Å². The molecule has 18 heavy (non-hydrogen) atoms. The molecular formula is C12H16F2N2O2. The van der Waals surface area contributed by atoms with Gasteiger partial charge in [-0.3, -0.25) is 4.79 Å². The number of benzene rings is 1. The van der Waals surface area contributed by atoms with Gasteiger partial charge in [0.25, 0.3) is 0 Å². The zero-order valence-corrected chi connectivity index (χ0v) is 10.0. The molecule has 0 fully saturated rings. The fraction of sp³-hybridized carbons (Fsp3) is 0.417. The van der Waals surface area contributed by atoms with Crippen LogP contribution in [0.5, 0.6) is 5.75 Å². The first-order valence-corrected chi connectivity index (χ1v) is 5.55. The number of nitrogens with two attached hydrogens (primary N) is 1. The summed E-state index contributed by atoms with van der Waals surface area (Å²) < 4.78 is 28.1. The minimum atomic E-state index is -2.82. The third-order valence-electron chi connectivity index (χ3n) is 2.43. The molecule has 1 aromatic rings. The van der Waals surface area contributed by atoms with E-state index in [4.69, 9.17) is 5.73 Å². The molecule has 0 aromatic heterocycles. The van der Waals surface area contributed by atoms with Gasteiger partial charge >= 0.3 is 6.61 Å². The molecular weight excluding hydrogens is 242 g/mol. The quantitative estimate of drug-likeness (QED) is 0.784. The molecule has 0 bridgehead atoms. The number of rotatable bonds is 7. The van der Waals surface area contributed by atoms with Crippen LogP contribution in [0.4, 0.5) is 8.78 Å². The van der Waals surface area contributed by atoms with Crippen molar-refractivity contribution in [1.29, 1.82) is 0 Å². The van der Waals surface area contributed by atoms with Gasteiger partial charge in [0.1, 0.15) is 5.75 Å². The lowest BCUT2D eigenvalue weighted by Crippen LogP contribution is -2.24. The SMILES string of the molecule is CC(NCCC(N)=O)c1ccc(OC(F)F)cc1. The normalized spacial score (nSPS) is 12.4. The Balaban J connectivity index is 2.48. The maximum absolute atomic E-state index is 11.9. The number of alkyl halides is 2. The maximum atomic E-state index is 11.9. The van der Waals surface area contributed by atoms with E-state index in [0.717, 1.165) is 5.56 Å². The number of halogens is 2. The maximum Gasteiger partial charge on any atom is 0.387 e. The second-order valence-electron chi connectivity index (χ2n) is 3.84. The molecule has 1 aromatic carbocycles. The lowest BCUT2D eigenvalue weighted by Gasteiger charge is -2.14. The van der Waals surface area contributed by atoms with Gasteiger partial charge in [-0.2, -0.15) is 8.78 Å². The van der Waals surface area contributed by atoms with E-state index in [1.54, 1.807) is 12.1 Å². The summed E-state index contributed by atoms with van der Waals surface area (Å²) in [5, 5.41) is 3.10. The van der Waals surface area contributed by atoms with Gasteiger partial charge in [0, 0.05) is 19.0 Å². The average Bonchev–Trinajstić information content (AvgIpc) is 2.28. The van der Waals surface area contributed by atoms with Crippen molar-refractivity contribution in [2.45, 2.75) is 26.0 Å². The van der Waals surface area contributed by atoms with Crippen LogP contribution in [0.3, 0.4) is 0 Å². The summed E-state index contributed by atoms with van der Waals surface area (Å²) in [7, 11) is 0. The van der Waals surface area contributed by atoms with E-state index in [1.165, 1.54) is 12.1 Å². The third-order valence-corrected chi connectivity index (χ3v) is 2.43. The zero-order chi connectivity index (χ0) is 13.5. The first-order valence-electron chi connectivity index (χ1n) is 5.55. The number of hydrogen-bond acceptors (Lipinski definition) is 3. The van der Waals surface area contributed by atoms with Crippen LogP contribution >= 0.6 is 0 Å². The highest BCUT2D eigenvalue weighted by Gasteiger charge is 2.07. The molecule has 0 spiro atoms. The van der Waals surface area contributed by atoms with Crippen LogP contribution in [0.25, 0.3) is 0 Å². The average molecular weight is 258 g/mol. The van der Waals surface area contributed by atoms with Gasteiger partial charge in [-0.1, -0.05) is 12.1 Å². The van der Waals surface area contributed by atoms with Crippen molar-refractivity contribution in [3.8, 4) is 5.75 Å². The van der Waals surface area contributed by atoms with E-state index in [1.807, 2.05) is 6.92 Å². The van der Waals surface area contributed by atoms with Crippen molar-refractivity contribution in [1.82, 2.24) is 5.32 Å². The minimum Gasteiger partial charge on any atom is -0.435 e. The van der Waals surface area contributed by atoms with E-state index in [9.17, 15) is 13.6 Å². The largest absolute Gasteiger partial charge is 0.435 e. The molecule has 1 amide bonds. The first-order chi connectivity index (χ1) is 8.49. The molecule has 0 radical (unpaired) electrons. The standard InChI is InChI=1S/C12H16F2N2O2/c1-8(16-7-6-11(15)17)9-2-4-10(5-3-9)18-12(13)14/h2-5,8,12,16H,6-7H2,1H3,(H2,15,17). The van der Waals surface area contributed by atoms with Crippen molar-refractivity contribution < 1.29 is 18.3 Å².